The molecule has 194 valence electrons. The van der Waals surface area contributed by atoms with Gasteiger partial charge in [0, 0.05) is 48.8 Å². The number of aldehydes is 2. The van der Waals surface area contributed by atoms with Crippen LogP contribution in [0.2, 0.25) is 0 Å². The van der Waals surface area contributed by atoms with E-state index in [1.807, 2.05) is 30.1 Å². The van der Waals surface area contributed by atoms with Crippen molar-refractivity contribution in [3.05, 3.63) is 64.7 Å². The summed E-state index contributed by atoms with van der Waals surface area (Å²) in [5, 5.41) is 6.31. The van der Waals surface area contributed by atoms with Crippen molar-refractivity contribution in [2.45, 2.75) is 80.8 Å². The number of thioether (sulfide) groups is 1. The third-order valence-electron chi connectivity index (χ3n) is 6.96. The van der Waals surface area contributed by atoms with E-state index < -0.39 is 6.04 Å². The van der Waals surface area contributed by atoms with Crippen LogP contribution in [0, 0.1) is 0 Å². The minimum Gasteiger partial charge on any atom is -0.359 e. The Labute approximate surface area is 219 Å². The van der Waals surface area contributed by atoms with Crippen LogP contribution in [-0.2, 0) is 28.4 Å². The van der Waals surface area contributed by atoms with Crippen LogP contribution >= 0.6 is 11.8 Å². The molecule has 1 aliphatic rings. The Morgan fingerprint density at radius 3 is 2.58 bits per heavy atom. The summed E-state index contributed by atoms with van der Waals surface area (Å²) < 4.78 is 0. The van der Waals surface area contributed by atoms with Gasteiger partial charge in [0.05, 0.1) is 6.04 Å². The molecule has 0 radical (unpaired) electrons. The van der Waals surface area contributed by atoms with Gasteiger partial charge in [-0.3, -0.25) is 14.5 Å². The molecule has 0 saturated heterocycles. The lowest BCUT2D eigenvalue weighted by molar-refractivity contribution is -0.121. The van der Waals surface area contributed by atoms with Crippen LogP contribution in [0.1, 0.15) is 72.0 Å². The summed E-state index contributed by atoms with van der Waals surface area (Å²) in [5.74, 6) is 0.709. The van der Waals surface area contributed by atoms with Gasteiger partial charge in [-0.25, -0.2) is 0 Å². The summed E-state index contributed by atoms with van der Waals surface area (Å²) in [4.78, 5) is 38.1. The van der Waals surface area contributed by atoms with E-state index in [1.54, 1.807) is 18.8 Å². The fraction of sp³-hybridized carbons (Fsp3) is 0.483. The molecule has 2 aromatic rings. The molecule has 1 aliphatic carbocycles. The highest BCUT2D eigenvalue weighted by Crippen LogP contribution is 2.30. The largest absolute Gasteiger partial charge is 0.359 e. The number of rotatable bonds is 14. The number of benzene rings is 2. The Morgan fingerprint density at radius 2 is 1.86 bits per heavy atom. The molecule has 6 nitrogen and oxygen atoms in total. The summed E-state index contributed by atoms with van der Waals surface area (Å²) in [7, 11) is 3.45. The average Bonchev–Trinajstić information content (AvgIpc) is 2.92. The second-order valence-corrected chi connectivity index (χ2v) is 10.6. The van der Waals surface area contributed by atoms with E-state index in [2.05, 4.69) is 34.9 Å². The molecule has 36 heavy (non-hydrogen) atoms. The maximum atomic E-state index is 11.8. The molecule has 2 aromatic carbocycles. The lowest BCUT2D eigenvalue weighted by Gasteiger charge is -2.25. The Hall–Kier alpha value is -2.48. The maximum absolute atomic E-state index is 11.8. The first-order valence-corrected chi connectivity index (χ1v) is 13.9. The molecule has 0 heterocycles. The molecule has 1 atom stereocenters. The minimum absolute atomic E-state index is 0.0871. The fourth-order valence-electron chi connectivity index (χ4n) is 4.72. The molecule has 1 fully saturated rings. The zero-order valence-electron chi connectivity index (χ0n) is 21.5. The van der Waals surface area contributed by atoms with Crippen LogP contribution < -0.4 is 10.6 Å². The normalized spacial score (nSPS) is 15.0. The van der Waals surface area contributed by atoms with Crippen LogP contribution in [0.3, 0.4) is 0 Å². The Balaban J connectivity index is 1.64. The molecule has 0 spiro atoms. The van der Waals surface area contributed by atoms with Crippen LogP contribution in [0.5, 0.6) is 0 Å². The van der Waals surface area contributed by atoms with Crippen LogP contribution in [-0.4, -0.2) is 49.6 Å². The molecular formula is C29H39N3O3S. The summed E-state index contributed by atoms with van der Waals surface area (Å²) >= 11 is 1.71. The molecule has 0 aliphatic heterocycles. The van der Waals surface area contributed by atoms with Gasteiger partial charge < -0.3 is 15.4 Å². The molecule has 1 unspecified atom stereocenters. The zero-order valence-corrected chi connectivity index (χ0v) is 22.3. The summed E-state index contributed by atoms with van der Waals surface area (Å²) in [6.45, 7) is 1.35. The van der Waals surface area contributed by atoms with Gasteiger partial charge in [-0.1, -0.05) is 55.7 Å². The third-order valence-corrected chi connectivity index (χ3v) is 8.13. The average molecular weight is 510 g/mol. The predicted molar refractivity (Wildman–Crippen MR) is 146 cm³/mol. The SMILES string of the molecule is CNC(=O)CCC(C=O)N(C)Cc1c(C=O)cccc1SCc1cccc(CNC2CCCCC2)c1. The van der Waals surface area contributed by atoms with Crippen molar-refractivity contribution in [3.8, 4) is 0 Å². The minimum atomic E-state index is -0.395. The number of carbonyl (C=O) groups excluding carboxylic acids is 3. The Kier molecular flexibility index (Phi) is 11.7. The van der Waals surface area contributed by atoms with Crippen LogP contribution in [0.25, 0.3) is 0 Å². The van der Waals surface area contributed by atoms with Crippen molar-refractivity contribution < 1.29 is 14.4 Å². The third kappa shape index (κ3) is 8.57. The number of likely N-dealkylation sites (N-methyl/N-ethyl adjacent to an activating group) is 1. The van der Waals surface area contributed by atoms with Gasteiger partial charge in [0.1, 0.15) is 12.6 Å². The van der Waals surface area contributed by atoms with Crippen LogP contribution in [0.4, 0.5) is 0 Å². The number of carbonyl (C=O) groups is 3. The van der Waals surface area contributed by atoms with E-state index in [4.69, 9.17) is 0 Å². The van der Waals surface area contributed by atoms with Crippen molar-refractivity contribution >= 4 is 30.2 Å². The Morgan fingerprint density at radius 1 is 1.11 bits per heavy atom. The molecule has 0 aromatic heterocycles. The topological polar surface area (TPSA) is 78.5 Å². The predicted octanol–water partition coefficient (Wildman–Crippen LogP) is 4.74. The first-order chi connectivity index (χ1) is 17.5. The molecule has 1 amide bonds. The quantitative estimate of drug-likeness (QED) is 0.283. The maximum Gasteiger partial charge on any atom is 0.219 e. The summed E-state index contributed by atoms with van der Waals surface area (Å²) in [6.07, 6.45) is 9.05. The van der Waals surface area contributed by atoms with E-state index >= 15 is 0 Å². The van der Waals surface area contributed by atoms with E-state index in [-0.39, 0.29) is 12.3 Å². The number of hydrogen-bond acceptors (Lipinski definition) is 6. The van der Waals surface area contributed by atoms with Crippen molar-refractivity contribution in [3.63, 3.8) is 0 Å². The number of hydrogen-bond donors (Lipinski definition) is 2. The molecule has 2 N–H and O–H groups in total. The van der Waals surface area contributed by atoms with Gasteiger partial charge in [0.15, 0.2) is 0 Å². The van der Waals surface area contributed by atoms with E-state index in [9.17, 15) is 14.4 Å². The molecular weight excluding hydrogens is 470 g/mol. The number of nitrogens with zero attached hydrogens (tertiary/aromatic N) is 1. The standard InChI is InChI=1S/C29H39N3O3S/c1-30-29(35)15-14-26(20-34)32(2)18-27-24(19-33)10-7-13-28(27)36-21-23-9-6-8-22(16-23)17-31-25-11-4-3-5-12-25/h6-10,13,16,19-20,25-26,31H,3-5,11-12,14-15,17-18,21H2,1-2H3,(H,30,35). The second-order valence-electron chi connectivity index (χ2n) is 9.60. The highest BCUT2D eigenvalue weighted by molar-refractivity contribution is 7.98. The number of amides is 1. The lowest BCUT2D eigenvalue weighted by Crippen LogP contribution is -2.34. The zero-order chi connectivity index (χ0) is 25.8. The van der Waals surface area contributed by atoms with Crippen molar-refractivity contribution in [2.75, 3.05) is 14.1 Å². The van der Waals surface area contributed by atoms with Crippen molar-refractivity contribution in [1.29, 1.82) is 0 Å². The smallest absolute Gasteiger partial charge is 0.219 e. The lowest BCUT2D eigenvalue weighted by atomic mass is 9.95. The van der Waals surface area contributed by atoms with Gasteiger partial charge in [0.2, 0.25) is 5.91 Å². The van der Waals surface area contributed by atoms with E-state index in [0.29, 0.717) is 24.6 Å². The first-order valence-electron chi connectivity index (χ1n) is 12.9. The fourth-order valence-corrected chi connectivity index (χ4v) is 5.75. The molecule has 0 bridgehead atoms. The molecule has 1 saturated carbocycles. The Bertz CT molecular complexity index is 1010. The summed E-state index contributed by atoms with van der Waals surface area (Å²) in [5.41, 5.74) is 4.09. The highest BCUT2D eigenvalue weighted by atomic mass is 32.2. The van der Waals surface area contributed by atoms with E-state index in [1.165, 1.54) is 43.2 Å². The van der Waals surface area contributed by atoms with Crippen molar-refractivity contribution in [2.24, 2.45) is 0 Å². The molecule has 3 rings (SSSR count). The second kappa shape index (κ2) is 14.9. The van der Waals surface area contributed by atoms with Gasteiger partial charge in [-0.2, -0.15) is 0 Å². The van der Waals surface area contributed by atoms with Crippen LogP contribution in [0.15, 0.2) is 47.4 Å². The van der Waals surface area contributed by atoms with Gasteiger partial charge in [0.25, 0.3) is 0 Å². The first kappa shape index (κ1) is 28.1. The van der Waals surface area contributed by atoms with Gasteiger partial charge in [-0.05, 0) is 49.1 Å². The van der Waals surface area contributed by atoms with E-state index in [0.717, 1.165) is 35.3 Å². The monoisotopic (exact) mass is 509 g/mol. The van der Waals surface area contributed by atoms with Gasteiger partial charge in [-0.15, -0.1) is 11.8 Å². The number of nitrogens with one attached hydrogen (secondary N) is 2. The summed E-state index contributed by atoms with van der Waals surface area (Å²) in [6, 6.07) is 14.7. The highest BCUT2D eigenvalue weighted by Gasteiger charge is 2.19. The van der Waals surface area contributed by atoms with Gasteiger partial charge >= 0.3 is 0 Å². The van der Waals surface area contributed by atoms with Crippen molar-refractivity contribution in [1.82, 2.24) is 15.5 Å². The molecule has 7 heteroatoms.